The van der Waals surface area contributed by atoms with Crippen molar-refractivity contribution in [3.8, 4) is 5.75 Å². The summed E-state index contributed by atoms with van der Waals surface area (Å²) in [7, 11) is -0.474. The number of hydrogen-bond acceptors (Lipinski definition) is 4. The zero-order valence-corrected chi connectivity index (χ0v) is 13.6. The highest BCUT2D eigenvalue weighted by molar-refractivity contribution is 7.89. The monoisotopic (exact) mass is 338 g/mol. The highest BCUT2D eigenvalue weighted by Gasteiger charge is 2.30. The van der Waals surface area contributed by atoms with Crippen LogP contribution in [0.5, 0.6) is 5.75 Å². The Labute approximate surface area is 130 Å². The standard InChI is InChI=1S/C13H19FN2O3S.ClH/c1-15-10-4-3-7-16(9-10)20(17,18)11-5-6-12(14)13(8-11)19-2;/h5-6,8,10,15H,3-4,7,9H2,1-2H3;1H. The zero-order valence-electron chi connectivity index (χ0n) is 12.0. The Morgan fingerprint density at radius 1 is 1.43 bits per heavy atom. The summed E-state index contributed by atoms with van der Waals surface area (Å²) in [5, 5.41) is 3.10. The topological polar surface area (TPSA) is 58.6 Å². The number of sulfonamides is 1. The summed E-state index contributed by atoms with van der Waals surface area (Å²) >= 11 is 0. The number of benzene rings is 1. The smallest absolute Gasteiger partial charge is 0.243 e. The average Bonchev–Trinajstić information content (AvgIpc) is 2.47. The fourth-order valence-electron chi connectivity index (χ4n) is 2.35. The predicted octanol–water partition coefficient (Wildman–Crippen LogP) is 1.63. The molecule has 21 heavy (non-hydrogen) atoms. The lowest BCUT2D eigenvalue weighted by Gasteiger charge is -2.31. The van der Waals surface area contributed by atoms with Crippen LogP contribution in [0.25, 0.3) is 0 Å². The first-order valence-corrected chi connectivity index (χ1v) is 7.94. The SMILES string of the molecule is CNC1CCCN(S(=O)(=O)c2ccc(F)c(OC)c2)C1.Cl. The Balaban J connectivity index is 0.00000220. The molecule has 120 valence electrons. The van der Waals surface area contributed by atoms with Crippen molar-refractivity contribution in [3.05, 3.63) is 24.0 Å². The van der Waals surface area contributed by atoms with Crippen LogP contribution in [0.3, 0.4) is 0 Å². The minimum atomic E-state index is -3.61. The van der Waals surface area contributed by atoms with Crippen LogP contribution in [0.4, 0.5) is 4.39 Å². The molecular weight excluding hydrogens is 319 g/mol. The summed E-state index contributed by atoms with van der Waals surface area (Å²) in [5.41, 5.74) is 0. The number of nitrogens with one attached hydrogen (secondary N) is 1. The van der Waals surface area contributed by atoms with Gasteiger partial charge in [-0.1, -0.05) is 0 Å². The van der Waals surface area contributed by atoms with Gasteiger partial charge >= 0.3 is 0 Å². The van der Waals surface area contributed by atoms with E-state index in [1.54, 1.807) is 0 Å². The molecule has 0 amide bonds. The molecular formula is C13H20ClFN2O3S. The summed E-state index contributed by atoms with van der Waals surface area (Å²) in [6.07, 6.45) is 1.76. The first kappa shape index (κ1) is 18.2. The third-order valence-corrected chi connectivity index (χ3v) is 5.41. The first-order valence-electron chi connectivity index (χ1n) is 6.50. The highest BCUT2D eigenvalue weighted by Crippen LogP contribution is 2.25. The molecule has 0 radical (unpaired) electrons. The van der Waals surface area contributed by atoms with Gasteiger partial charge in [0, 0.05) is 25.2 Å². The lowest BCUT2D eigenvalue weighted by molar-refractivity contribution is 0.292. The summed E-state index contributed by atoms with van der Waals surface area (Å²) in [6.45, 7) is 0.915. The van der Waals surface area contributed by atoms with Gasteiger partial charge in [-0.2, -0.15) is 4.31 Å². The van der Waals surface area contributed by atoms with Gasteiger partial charge in [-0.05, 0) is 32.0 Å². The van der Waals surface area contributed by atoms with Gasteiger partial charge in [0.2, 0.25) is 10.0 Å². The minimum Gasteiger partial charge on any atom is -0.494 e. The van der Waals surface area contributed by atoms with Crippen LogP contribution >= 0.6 is 12.4 Å². The van der Waals surface area contributed by atoms with Crippen molar-refractivity contribution in [2.24, 2.45) is 0 Å². The third kappa shape index (κ3) is 3.85. The predicted molar refractivity (Wildman–Crippen MR) is 81.0 cm³/mol. The maximum atomic E-state index is 13.4. The van der Waals surface area contributed by atoms with E-state index in [9.17, 15) is 12.8 Å². The number of ether oxygens (including phenoxy) is 1. The Bertz CT molecular complexity index is 583. The zero-order chi connectivity index (χ0) is 14.8. The summed E-state index contributed by atoms with van der Waals surface area (Å²) in [6, 6.07) is 3.77. The lowest BCUT2D eigenvalue weighted by Crippen LogP contribution is -2.46. The molecule has 1 heterocycles. The fraction of sp³-hybridized carbons (Fsp3) is 0.538. The van der Waals surface area contributed by atoms with Gasteiger partial charge in [0.15, 0.2) is 11.6 Å². The largest absolute Gasteiger partial charge is 0.494 e. The molecule has 0 spiro atoms. The molecule has 1 unspecified atom stereocenters. The van der Waals surface area contributed by atoms with Crippen LogP contribution in [0.15, 0.2) is 23.1 Å². The van der Waals surface area contributed by atoms with Gasteiger partial charge in [-0.15, -0.1) is 12.4 Å². The quantitative estimate of drug-likeness (QED) is 0.906. The molecule has 1 aliphatic rings. The number of rotatable bonds is 4. The van der Waals surface area contributed by atoms with E-state index in [0.717, 1.165) is 18.9 Å². The molecule has 0 aromatic heterocycles. The summed E-state index contributed by atoms with van der Waals surface area (Å²) in [4.78, 5) is 0.0625. The molecule has 1 atom stereocenters. The molecule has 1 aliphatic heterocycles. The highest BCUT2D eigenvalue weighted by atomic mass is 35.5. The first-order chi connectivity index (χ1) is 9.48. The summed E-state index contributed by atoms with van der Waals surface area (Å²) < 4.78 is 44.7. The van der Waals surface area contributed by atoms with Crippen LogP contribution in [-0.2, 0) is 10.0 Å². The van der Waals surface area contributed by atoms with Crippen molar-refractivity contribution in [1.82, 2.24) is 9.62 Å². The fourth-order valence-corrected chi connectivity index (χ4v) is 3.89. The number of piperidine rings is 1. The van der Waals surface area contributed by atoms with Crippen molar-refractivity contribution in [1.29, 1.82) is 0 Å². The van der Waals surface area contributed by atoms with E-state index in [2.05, 4.69) is 5.32 Å². The number of hydrogen-bond donors (Lipinski definition) is 1. The van der Waals surface area contributed by atoms with Gasteiger partial charge < -0.3 is 10.1 Å². The molecule has 8 heteroatoms. The van der Waals surface area contributed by atoms with E-state index < -0.39 is 15.8 Å². The van der Waals surface area contributed by atoms with Gasteiger partial charge in [-0.3, -0.25) is 0 Å². The summed E-state index contributed by atoms with van der Waals surface area (Å²) in [5.74, 6) is -0.633. The van der Waals surface area contributed by atoms with Crippen molar-refractivity contribution < 1.29 is 17.5 Å². The van der Waals surface area contributed by atoms with E-state index in [0.29, 0.717) is 13.1 Å². The number of methoxy groups -OCH3 is 1. The molecule has 0 aliphatic carbocycles. The molecule has 1 N–H and O–H groups in total. The molecule has 2 rings (SSSR count). The Morgan fingerprint density at radius 2 is 2.14 bits per heavy atom. The minimum absolute atomic E-state index is 0. The number of nitrogens with zero attached hydrogens (tertiary/aromatic N) is 1. The Kier molecular flexibility index (Phi) is 6.40. The van der Waals surface area contributed by atoms with Gasteiger partial charge in [0.05, 0.1) is 12.0 Å². The second-order valence-corrected chi connectivity index (χ2v) is 6.73. The normalized spacial score (nSPS) is 19.9. The molecule has 1 saturated heterocycles. The molecule has 1 fully saturated rings. The van der Waals surface area contributed by atoms with Crippen molar-refractivity contribution in [2.45, 2.75) is 23.8 Å². The van der Waals surface area contributed by atoms with Gasteiger partial charge in [0.1, 0.15) is 0 Å². The van der Waals surface area contributed by atoms with Crippen molar-refractivity contribution >= 4 is 22.4 Å². The van der Waals surface area contributed by atoms with E-state index in [1.165, 1.54) is 23.5 Å². The number of halogens is 2. The molecule has 1 aromatic carbocycles. The third-order valence-electron chi connectivity index (χ3n) is 3.55. The van der Waals surface area contributed by atoms with E-state index in [1.807, 2.05) is 7.05 Å². The number of likely N-dealkylation sites (N-methyl/N-ethyl adjacent to an activating group) is 1. The maximum absolute atomic E-state index is 13.4. The van der Waals surface area contributed by atoms with E-state index in [-0.39, 0.29) is 29.1 Å². The molecule has 1 aromatic rings. The molecule has 0 saturated carbocycles. The van der Waals surface area contributed by atoms with Crippen LogP contribution in [-0.4, -0.2) is 46.0 Å². The van der Waals surface area contributed by atoms with Crippen LogP contribution in [0.2, 0.25) is 0 Å². The molecule has 5 nitrogen and oxygen atoms in total. The Morgan fingerprint density at radius 3 is 2.76 bits per heavy atom. The van der Waals surface area contributed by atoms with Gasteiger partial charge in [-0.25, -0.2) is 12.8 Å². The van der Waals surface area contributed by atoms with Crippen molar-refractivity contribution in [2.75, 3.05) is 27.2 Å². The maximum Gasteiger partial charge on any atom is 0.243 e. The van der Waals surface area contributed by atoms with Crippen LogP contribution in [0, 0.1) is 5.82 Å². The van der Waals surface area contributed by atoms with E-state index >= 15 is 0 Å². The van der Waals surface area contributed by atoms with E-state index in [4.69, 9.17) is 4.74 Å². The van der Waals surface area contributed by atoms with Crippen LogP contribution < -0.4 is 10.1 Å². The second kappa shape index (κ2) is 7.40. The molecule has 0 bridgehead atoms. The second-order valence-electron chi connectivity index (χ2n) is 4.79. The van der Waals surface area contributed by atoms with Gasteiger partial charge in [0.25, 0.3) is 0 Å². The lowest BCUT2D eigenvalue weighted by atomic mass is 10.1. The Hall–Kier alpha value is -0.890. The van der Waals surface area contributed by atoms with Crippen molar-refractivity contribution in [3.63, 3.8) is 0 Å². The van der Waals surface area contributed by atoms with Crippen LogP contribution in [0.1, 0.15) is 12.8 Å². The average molecular weight is 339 g/mol.